The van der Waals surface area contributed by atoms with Gasteiger partial charge in [0.15, 0.2) is 0 Å². The van der Waals surface area contributed by atoms with Crippen LogP contribution in [0.5, 0.6) is 0 Å². The number of hydrogen-bond donors (Lipinski definition) is 0. The Bertz CT molecular complexity index is 225. The largest absolute Gasteiger partial charge is 0.449 e. The smallest absolute Gasteiger partial charge is 0.410 e. The lowest BCUT2D eigenvalue weighted by Gasteiger charge is -2.35. The molecule has 0 aliphatic carbocycles. The number of amides is 1. The van der Waals surface area contributed by atoms with Gasteiger partial charge in [0.2, 0.25) is 0 Å². The number of hydrogen-bond acceptors (Lipinski definition) is 3. The highest BCUT2D eigenvalue weighted by Crippen LogP contribution is 2.18. The number of rotatable bonds is 1. The summed E-state index contributed by atoms with van der Waals surface area (Å²) >= 11 is 0. The van der Waals surface area contributed by atoms with E-state index in [0.29, 0.717) is 12.6 Å². The van der Waals surface area contributed by atoms with Crippen molar-refractivity contribution < 1.29 is 9.53 Å². The predicted octanol–water partition coefficient (Wildman–Crippen LogP) is 1.31. The Labute approximate surface area is 91.2 Å². The van der Waals surface area contributed by atoms with Gasteiger partial charge in [0.05, 0.1) is 6.61 Å². The third-order valence-corrected chi connectivity index (χ3v) is 3.38. The van der Waals surface area contributed by atoms with E-state index in [9.17, 15) is 4.79 Å². The first-order chi connectivity index (χ1) is 7.27. The SMILES string of the molecule is CN1CCC(N2CCCCOC2=O)CC1. The second-order valence-corrected chi connectivity index (χ2v) is 4.55. The first kappa shape index (κ1) is 10.7. The lowest BCUT2D eigenvalue weighted by Crippen LogP contribution is -2.46. The molecule has 4 nitrogen and oxygen atoms in total. The summed E-state index contributed by atoms with van der Waals surface area (Å²) < 4.78 is 5.17. The van der Waals surface area contributed by atoms with Crippen LogP contribution < -0.4 is 0 Å². The summed E-state index contributed by atoms with van der Waals surface area (Å²) in [6.07, 6.45) is 4.17. The molecular weight excluding hydrogens is 192 g/mol. The molecule has 4 heteroatoms. The maximum atomic E-state index is 11.7. The maximum absolute atomic E-state index is 11.7. The molecule has 86 valence electrons. The minimum atomic E-state index is -0.0953. The second kappa shape index (κ2) is 4.84. The molecule has 0 aromatic heterocycles. The standard InChI is InChI=1S/C11H20N2O2/c1-12-7-4-10(5-8-12)13-6-2-3-9-15-11(13)14/h10H,2-9H2,1H3. The van der Waals surface area contributed by atoms with E-state index < -0.39 is 0 Å². The molecule has 2 heterocycles. The highest BCUT2D eigenvalue weighted by molar-refractivity contribution is 5.68. The Balaban J connectivity index is 1.92. The zero-order chi connectivity index (χ0) is 10.7. The van der Waals surface area contributed by atoms with E-state index >= 15 is 0 Å². The zero-order valence-electron chi connectivity index (χ0n) is 9.45. The molecule has 0 atom stereocenters. The van der Waals surface area contributed by atoms with E-state index in [1.807, 2.05) is 4.90 Å². The summed E-state index contributed by atoms with van der Waals surface area (Å²) in [5.74, 6) is 0. The van der Waals surface area contributed by atoms with Gasteiger partial charge in [-0.1, -0.05) is 0 Å². The fourth-order valence-electron chi connectivity index (χ4n) is 2.36. The Morgan fingerprint density at radius 3 is 2.67 bits per heavy atom. The van der Waals surface area contributed by atoms with Gasteiger partial charge in [0.25, 0.3) is 0 Å². The molecule has 0 radical (unpaired) electrons. The molecule has 2 fully saturated rings. The van der Waals surface area contributed by atoms with Crippen LogP contribution in [0.2, 0.25) is 0 Å². The van der Waals surface area contributed by atoms with Gasteiger partial charge in [0.1, 0.15) is 0 Å². The van der Waals surface area contributed by atoms with Gasteiger partial charge < -0.3 is 14.5 Å². The number of ether oxygens (including phenoxy) is 1. The van der Waals surface area contributed by atoms with Crippen LogP contribution in [0.4, 0.5) is 4.79 Å². The molecule has 0 aromatic rings. The quantitative estimate of drug-likeness (QED) is 0.657. The van der Waals surface area contributed by atoms with Crippen molar-refractivity contribution in [2.45, 2.75) is 31.7 Å². The summed E-state index contributed by atoms with van der Waals surface area (Å²) in [5.41, 5.74) is 0. The number of carbonyl (C=O) groups is 1. The first-order valence-electron chi connectivity index (χ1n) is 5.89. The van der Waals surface area contributed by atoms with Crippen LogP contribution in [0.25, 0.3) is 0 Å². The fourth-order valence-corrected chi connectivity index (χ4v) is 2.36. The average molecular weight is 212 g/mol. The molecule has 0 N–H and O–H groups in total. The van der Waals surface area contributed by atoms with Gasteiger partial charge in [-0.05, 0) is 45.8 Å². The van der Waals surface area contributed by atoms with Crippen LogP contribution in [0.1, 0.15) is 25.7 Å². The van der Waals surface area contributed by atoms with E-state index in [2.05, 4.69) is 11.9 Å². The van der Waals surface area contributed by atoms with E-state index in [4.69, 9.17) is 4.74 Å². The fraction of sp³-hybridized carbons (Fsp3) is 0.909. The second-order valence-electron chi connectivity index (χ2n) is 4.55. The summed E-state index contributed by atoms with van der Waals surface area (Å²) in [7, 11) is 2.14. The number of piperidine rings is 1. The Kier molecular flexibility index (Phi) is 3.46. The van der Waals surface area contributed by atoms with Gasteiger partial charge in [-0.2, -0.15) is 0 Å². The van der Waals surface area contributed by atoms with Crippen molar-refractivity contribution in [3.05, 3.63) is 0 Å². The molecule has 0 spiro atoms. The molecule has 2 aliphatic heterocycles. The molecule has 1 amide bonds. The van der Waals surface area contributed by atoms with Crippen LogP contribution in [0.15, 0.2) is 0 Å². The summed E-state index contributed by atoms with van der Waals surface area (Å²) in [5, 5.41) is 0. The Morgan fingerprint density at radius 2 is 1.93 bits per heavy atom. The maximum Gasteiger partial charge on any atom is 0.410 e. The van der Waals surface area contributed by atoms with Crippen molar-refractivity contribution >= 4 is 6.09 Å². The summed E-state index contributed by atoms with van der Waals surface area (Å²) in [4.78, 5) is 15.9. The van der Waals surface area contributed by atoms with Gasteiger partial charge in [-0.3, -0.25) is 0 Å². The molecule has 2 rings (SSSR count). The molecule has 0 unspecified atom stereocenters. The van der Waals surface area contributed by atoms with Crippen molar-refractivity contribution in [1.29, 1.82) is 0 Å². The molecule has 2 aliphatic rings. The first-order valence-corrected chi connectivity index (χ1v) is 5.89. The Hall–Kier alpha value is -0.770. The lowest BCUT2D eigenvalue weighted by atomic mass is 10.0. The van der Waals surface area contributed by atoms with Crippen LogP contribution in [0.3, 0.4) is 0 Å². The van der Waals surface area contributed by atoms with Gasteiger partial charge in [0, 0.05) is 12.6 Å². The van der Waals surface area contributed by atoms with Crippen LogP contribution in [0, 0.1) is 0 Å². The van der Waals surface area contributed by atoms with Crippen molar-refractivity contribution in [3.63, 3.8) is 0 Å². The molecular formula is C11H20N2O2. The Morgan fingerprint density at radius 1 is 1.20 bits per heavy atom. The third kappa shape index (κ3) is 2.62. The van der Waals surface area contributed by atoms with Crippen LogP contribution >= 0.6 is 0 Å². The average Bonchev–Trinajstić information content (AvgIpc) is 2.44. The van der Waals surface area contributed by atoms with E-state index in [1.165, 1.54) is 0 Å². The normalized spacial score (nSPS) is 26.2. The summed E-state index contributed by atoms with van der Waals surface area (Å²) in [6.45, 7) is 3.66. The summed E-state index contributed by atoms with van der Waals surface area (Å²) in [6, 6.07) is 0.409. The van der Waals surface area contributed by atoms with Crippen molar-refractivity contribution in [1.82, 2.24) is 9.80 Å². The highest BCUT2D eigenvalue weighted by atomic mass is 16.6. The van der Waals surface area contributed by atoms with E-state index in [1.54, 1.807) is 0 Å². The van der Waals surface area contributed by atoms with E-state index in [0.717, 1.165) is 45.3 Å². The van der Waals surface area contributed by atoms with Gasteiger partial charge in [-0.25, -0.2) is 4.79 Å². The number of nitrogens with zero attached hydrogens (tertiary/aromatic N) is 2. The van der Waals surface area contributed by atoms with Crippen LogP contribution in [-0.4, -0.2) is 55.2 Å². The number of cyclic esters (lactones) is 1. The molecule has 0 saturated carbocycles. The van der Waals surface area contributed by atoms with Gasteiger partial charge in [-0.15, -0.1) is 0 Å². The zero-order valence-corrected chi connectivity index (χ0v) is 9.45. The van der Waals surface area contributed by atoms with E-state index in [-0.39, 0.29) is 6.09 Å². The molecule has 0 bridgehead atoms. The predicted molar refractivity (Wildman–Crippen MR) is 57.8 cm³/mol. The monoisotopic (exact) mass is 212 g/mol. The minimum Gasteiger partial charge on any atom is -0.449 e. The van der Waals surface area contributed by atoms with Gasteiger partial charge >= 0.3 is 6.09 Å². The third-order valence-electron chi connectivity index (χ3n) is 3.38. The molecule has 0 aromatic carbocycles. The topological polar surface area (TPSA) is 32.8 Å². The number of likely N-dealkylation sites (tertiary alicyclic amines) is 1. The van der Waals surface area contributed by atoms with Crippen LogP contribution in [-0.2, 0) is 4.74 Å². The van der Waals surface area contributed by atoms with Crippen molar-refractivity contribution in [3.8, 4) is 0 Å². The minimum absolute atomic E-state index is 0.0953. The molecule has 15 heavy (non-hydrogen) atoms. The highest BCUT2D eigenvalue weighted by Gasteiger charge is 2.28. The molecule has 2 saturated heterocycles. The van der Waals surface area contributed by atoms with Crippen molar-refractivity contribution in [2.24, 2.45) is 0 Å². The lowest BCUT2D eigenvalue weighted by molar-refractivity contribution is 0.0818. The number of carbonyl (C=O) groups excluding carboxylic acids is 1. The van der Waals surface area contributed by atoms with Crippen molar-refractivity contribution in [2.75, 3.05) is 33.3 Å².